The summed E-state index contributed by atoms with van der Waals surface area (Å²) in [6, 6.07) is 14.3. The molecule has 1 aromatic heterocycles. The second kappa shape index (κ2) is 11.0. The number of rotatable bonds is 9. The van der Waals surface area contributed by atoms with Crippen LogP contribution in [-0.2, 0) is 4.74 Å². The highest BCUT2D eigenvalue weighted by molar-refractivity contribution is 5.97. The summed E-state index contributed by atoms with van der Waals surface area (Å²) in [7, 11) is 0. The maximum absolute atomic E-state index is 12.8. The molecular formula is C24H30N6O4. The lowest BCUT2D eigenvalue weighted by Gasteiger charge is -2.26. The van der Waals surface area contributed by atoms with Crippen molar-refractivity contribution in [3.8, 4) is 11.5 Å². The van der Waals surface area contributed by atoms with Gasteiger partial charge in [0.1, 0.15) is 18.1 Å². The molecule has 0 unspecified atom stereocenters. The number of nitrogens with two attached hydrogens (primary N) is 1. The van der Waals surface area contributed by atoms with E-state index < -0.39 is 0 Å². The van der Waals surface area contributed by atoms with Crippen LogP contribution in [0.4, 0.5) is 17.6 Å². The van der Waals surface area contributed by atoms with Gasteiger partial charge in [0.05, 0.1) is 19.3 Å². The van der Waals surface area contributed by atoms with Gasteiger partial charge in [-0.1, -0.05) is 0 Å². The zero-order chi connectivity index (χ0) is 23.9. The van der Waals surface area contributed by atoms with Gasteiger partial charge in [-0.3, -0.25) is 9.69 Å². The molecule has 0 spiro atoms. The molecular weight excluding hydrogens is 436 g/mol. The van der Waals surface area contributed by atoms with Gasteiger partial charge >= 0.3 is 0 Å². The number of nitrogens with one attached hydrogen (secondary N) is 1. The average Bonchev–Trinajstić information content (AvgIpc) is 3.20. The van der Waals surface area contributed by atoms with Crippen LogP contribution in [0.25, 0.3) is 0 Å². The van der Waals surface area contributed by atoms with Crippen molar-refractivity contribution in [3.05, 3.63) is 54.1 Å². The van der Waals surface area contributed by atoms with E-state index in [-0.39, 0.29) is 23.9 Å². The first-order chi connectivity index (χ1) is 16.5. The van der Waals surface area contributed by atoms with Crippen LogP contribution < -0.4 is 20.5 Å². The van der Waals surface area contributed by atoms with Crippen LogP contribution in [0, 0.1) is 0 Å². The van der Waals surface area contributed by atoms with E-state index in [9.17, 15) is 4.79 Å². The smallest absolute Gasteiger partial charge is 0.281 e. The molecule has 0 bridgehead atoms. The van der Waals surface area contributed by atoms with Gasteiger partial charge in [0, 0.05) is 30.9 Å². The summed E-state index contributed by atoms with van der Waals surface area (Å²) in [5, 5.41) is 7.28. The van der Waals surface area contributed by atoms with Crippen LogP contribution in [0.5, 0.6) is 11.5 Å². The van der Waals surface area contributed by atoms with Crippen LogP contribution in [0.15, 0.2) is 48.5 Å². The van der Waals surface area contributed by atoms with Crippen LogP contribution in [0.3, 0.4) is 0 Å². The standard InChI is InChI=1S/C24H30N6O4/c1-17(2)34-21-7-3-18(4-8-21)22(31)30-23(25)27-24(28-30)26-19-5-9-20(10-6-19)33-16-13-29-11-14-32-15-12-29/h3-10,17H,11-16H2,1-2H3,(H3,25,26,27,28). The highest BCUT2D eigenvalue weighted by atomic mass is 16.5. The monoisotopic (exact) mass is 466 g/mol. The van der Waals surface area contributed by atoms with E-state index in [1.165, 1.54) is 0 Å². The first-order valence-corrected chi connectivity index (χ1v) is 11.3. The Morgan fingerprint density at radius 3 is 2.44 bits per heavy atom. The molecule has 0 amide bonds. The fraction of sp³-hybridized carbons (Fsp3) is 0.375. The van der Waals surface area contributed by atoms with E-state index in [4.69, 9.17) is 19.9 Å². The predicted octanol–water partition coefficient (Wildman–Crippen LogP) is 2.79. The zero-order valence-electron chi connectivity index (χ0n) is 19.4. The Morgan fingerprint density at radius 1 is 1.09 bits per heavy atom. The Kier molecular flexibility index (Phi) is 7.61. The number of hydrogen-bond acceptors (Lipinski definition) is 9. The molecule has 0 aliphatic carbocycles. The minimum absolute atomic E-state index is 0.00178. The minimum atomic E-state index is -0.377. The van der Waals surface area contributed by atoms with Crippen molar-refractivity contribution in [2.24, 2.45) is 0 Å². The number of aromatic nitrogens is 3. The number of carbonyl (C=O) groups excluding carboxylic acids is 1. The molecule has 10 heteroatoms. The number of carbonyl (C=O) groups is 1. The summed E-state index contributed by atoms with van der Waals surface area (Å²) in [6.07, 6.45) is 0.0527. The molecule has 1 aliphatic rings. The van der Waals surface area contributed by atoms with Gasteiger partial charge in [0.2, 0.25) is 11.9 Å². The molecule has 2 heterocycles. The van der Waals surface area contributed by atoms with Crippen molar-refractivity contribution in [3.63, 3.8) is 0 Å². The quantitative estimate of drug-likeness (QED) is 0.491. The summed E-state index contributed by atoms with van der Waals surface area (Å²) in [6.45, 7) is 8.80. The van der Waals surface area contributed by atoms with E-state index in [1.54, 1.807) is 24.3 Å². The summed E-state index contributed by atoms with van der Waals surface area (Å²) in [5.41, 5.74) is 7.12. The molecule has 3 N–H and O–H groups in total. The Bertz CT molecular complexity index is 1080. The van der Waals surface area contributed by atoms with Gasteiger partial charge in [-0.15, -0.1) is 5.10 Å². The maximum Gasteiger partial charge on any atom is 0.281 e. The van der Waals surface area contributed by atoms with Crippen molar-refractivity contribution in [1.82, 2.24) is 19.7 Å². The first-order valence-electron chi connectivity index (χ1n) is 11.3. The van der Waals surface area contributed by atoms with E-state index in [2.05, 4.69) is 20.3 Å². The van der Waals surface area contributed by atoms with Crippen molar-refractivity contribution in [2.75, 3.05) is 50.5 Å². The van der Waals surface area contributed by atoms with Gasteiger partial charge < -0.3 is 25.3 Å². The molecule has 1 fully saturated rings. The normalized spacial score (nSPS) is 14.2. The van der Waals surface area contributed by atoms with Gasteiger partial charge in [0.25, 0.3) is 5.91 Å². The number of ether oxygens (including phenoxy) is 3. The van der Waals surface area contributed by atoms with Crippen LogP contribution in [0.2, 0.25) is 0 Å². The van der Waals surface area contributed by atoms with Crippen molar-refractivity contribution in [2.45, 2.75) is 20.0 Å². The third-order valence-electron chi connectivity index (χ3n) is 5.19. The molecule has 4 rings (SSSR count). The molecule has 2 aromatic carbocycles. The van der Waals surface area contributed by atoms with Gasteiger partial charge in [-0.25, -0.2) is 0 Å². The van der Waals surface area contributed by atoms with E-state index in [0.29, 0.717) is 17.9 Å². The lowest BCUT2D eigenvalue weighted by molar-refractivity contribution is 0.0322. The molecule has 0 saturated carbocycles. The molecule has 1 saturated heterocycles. The number of anilines is 3. The average molecular weight is 467 g/mol. The Hall–Kier alpha value is -3.63. The first kappa shape index (κ1) is 23.5. The zero-order valence-corrected chi connectivity index (χ0v) is 19.4. The number of hydrogen-bond donors (Lipinski definition) is 2. The SMILES string of the molecule is CC(C)Oc1ccc(C(=O)n2nc(Nc3ccc(OCCN4CCOCC4)cc3)nc2N)cc1. The number of nitrogens with zero attached hydrogens (tertiary/aromatic N) is 4. The van der Waals surface area contributed by atoms with Gasteiger partial charge in [0.15, 0.2) is 0 Å². The van der Waals surface area contributed by atoms with Crippen molar-refractivity contribution < 1.29 is 19.0 Å². The van der Waals surface area contributed by atoms with E-state index in [0.717, 1.165) is 49.0 Å². The number of benzene rings is 2. The fourth-order valence-electron chi connectivity index (χ4n) is 3.48. The van der Waals surface area contributed by atoms with E-state index in [1.807, 2.05) is 38.1 Å². The van der Waals surface area contributed by atoms with E-state index >= 15 is 0 Å². The second-order valence-electron chi connectivity index (χ2n) is 8.15. The van der Waals surface area contributed by atoms with Crippen molar-refractivity contribution >= 4 is 23.5 Å². The molecule has 0 radical (unpaired) electrons. The maximum atomic E-state index is 12.8. The molecule has 34 heavy (non-hydrogen) atoms. The van der Waals surface area contributed by atoms with Gasteiger partial charge in [-0.2, -0.15) is 9.67 Å². The molecule has 10 nitrogen and oxygen atoms in total. The molecule has 3 aromatic rings. The summed E-state index contributed by atoms with van der Waals surface area (Å²) < 4.78 is 17.9. The van der Waals surface area contributed by atoms with Crippen LogP contribution in [0.1, 0.15) is 24.2 Å². The predicted molar refractivity (Wildman–Crippen MR) is 129 cm³/mol. The van der Waals surface area contributed by atoms with Crippen LogP contribution >= 0.6 is 0 Å². The largest absolute Gasteiger partial charge is 0.492 e. The lowest BCUT2D eigenvalue weighted by Crippen LogP contribution is -2.38. The summed E-state index contributed by atoms with van der Waals surface area (Å²) >= 11 is 0. The molecule has 0 atom stereocenters. The topological polar surface area (TPSA) is 117 Å². The third-order valence-corrected chi connectivity index (χ3v) is 5.19. The highest BCUT2D eigenvalue weighted by Gasteiger charge is 2.16. The Morgan fingerprint density at radius 2 is 1.76 bits per heavy atom. The fourth-order valence-corrected chi connectivity index (χ4v) is 3.48. The molecule has 180 valence electrons. The summed E-state index contributed by atoms with van der Waals surface area (Å²) in [5.74, 6) is 1.31. The summed E-state index contributed by atoms with van der Waals surface area (Å²) in [4.78, 5) is 19.3. The minimum Gasteiger partial charge on any atom is -0.492 e. The lowest BCUT2D eigenvalue weighted by atomic mass is 10.2. The Balaban J connectivity index is 1.32. The second-order valence-corrected chi connectivity index (χ2v) is 8.15. The molecule has 1 aliphatic heterocycles. The Labute approximate surface area is 198 Å². The highest BCUT2D eigenvalue weighted by Crippen LogP contribution is 2.20. The van der Waals surface area contributed by atoms with Crippen molar-refractivity contribution in [1.29, 1.82) is 0 Å². The van der Waals surface area contributed by atoms with Crippen LogP contribution in [-0.4, -0.2) is 71.1 Å². The van der Waals surface area contributed by atoms with Gasteiger partial charge in [-0.05, 0) is 62.4 Å². The number of morpholine rings is 1. The number of nitrogen functional groups attached to an aromatic ring is 1. The third kappa shape index (κ3) is 6.24.